The van der Waals surface area contributed by atoms with Gasteiger partial charge in [-0.25, -0.2) is 4.79 Å². The summed E-state index contributed by atoms with van der Waals surface area (Å²) >= 11 is 0. The number of carboxylic acid groups (broad SMARTS) is 1. The molecular weight excluding hydrogens is 310 g/mol. The molecule has 6 nitrogen and oxygen atoms in total. The summed E-state index contributed by atoms with van der Waals surface area (Å²) in [6, 6.07) is 7.21. The van der Waals surface area contributed by atoms with E-state index in [1.165, 1.54) is 0 Å². The van der Waals surface area contributed by atoms with Crippen LogP contribution in [-0.2, 0) is 20.7 Å². The molecule has 2 rings (SSSR count). The van der Waals surface area contributed by atoms with Crippen LogP contribution in [0.25, 0.3) is 0 Å². The number of benzene rings is 1. The molecule has 1 heterocycles. The van der Waals surface area contributed by atoms with Crippen LogP contribution in [0.3, 0.4) is 0 Å². The molecule has 0 radical (unpaired) electrons. The van der Waals surface area contributed by atoms with Crippen molar-refractivity contribution in [3.63, 3.8) is 0 Å². The summed E-state index contributed by atoms with van der Waals surface area (Å²) in [6.45, 7) is 2.30. The molecule has 2 N–H and O–H groups in total. The van der Waals surface area contributed by atoms with E-state index in [9.17, 15) is 9.59 Å². The van der Waals surface area contributed by atoms with Crippen molar-refractivity contribution < 1.29 is 24.2 Å². The first-order chi connectivity index (χ1) is 11.5. The van der Waals surface area contributed by atoms with Gasteiger partial charge in [-0.3, -0.25) is 4.79 Å². The van der Waals surface area contributed by atoms with Gasteiger partial charge in [-0.1, -0.05) is 12.1 Å². The third kappa shape index (κ3) is 6.58. The number of rotatable bonds is 9. The Kier molecular flexibility index (Phi) is 7.06. The van der Waals surface area contributed by atoms with Crippen LogP contribution in [0.1, 0.15) is 38.2 Å². The van der Waals surface area contributed by atoms with Gasteiger partial charge in [-0.15, -0.1) is 0 Å². The van der Waals surface area contributed by atoms with E-state index in [4.69, 9.17) is 14.6 Å². The van der Waals surface area contributed by atoms with E-state index in [2.05, 4.69) is 12.2 Å². The lowest BCUT2D eigenvalue weighted by Gasteiger charge is -2.11. The summed E-state index contributed by atoms with van der Waals surface area (Å²) in [5.74, 6) is -0.421. The molecule has 1 aliphatic heterocycles. The van der Waals surface area contributed by atoms with Gasteiger partial charge in [-0.2, -0.15) is 0 Å². The Morgan fingerprint density at radius 2 is 2.04 bits per heavy atom. The third-order valence-electron chi connectivity index (χ3n) is 4.03. The van der Waals surface area contributed by atoms with E-state index in [-0.39, 0.29) is 18.6 Å². The number of nitrogens with one attached hydrogen (secondary N) is 1. The smallest absolute Gasteiger partial charge is 0.341 e. The molecule has 1 saturated heterocycles. The predicted octanol–water partition coefficient (Wildman–Crippen LogP) is 2.16. The zero-order chi connectivity index (χ0) is 17.4. The van der Waals surface area contributed by atoms with Crippen molar-refractivity contribution >= 4 is 11.9 Å². The Bertz CT molecular complexity index is 543. The number of carbonyl (C=O) groups excluding carboxylic acids is 1. The molecule has 2 unspecified atom stereocenters. The molecule has 0 aromatic heterocycles. The van der Waals surface area contributed by atoms with Crippen molar-refractivity contribution in [3.8, 4) is 5.75 Å². The lowest BCUT2D eigenvalue weighted by Crippen LogP contribution is -2.26. The van der Waals surface area contributed by atoms with Crippen molar-refractivity contribution in [2.24, 2.45) is 0 Å². The Balaban J connectivity index is 1.60. The van der Waals surface area contributed by atoms with Crippen LogP contribution in [0.5, 0.6) is 5.75 Å². The first kappa shape index (κ1) is 18.3. The van der Waals surface area contributed by atoms with Crippen LogP contribution >= 0.6 is 0 Å². The number of amides is 1. The quantitative estimate of drug-likeness (QED) is 0.722. The number of hydrogen-bond donors (Lipinski definition) is 2. The summed E-state index contributed by atoms with van der Waals surface area (Å²) in [4.78, 5) is 22.3. The molecule has 6 heteroatoms. The molecule has 0 spiro atoms. The summed E-state index contributed by atoms with van der Waals surface area (Å²) < 4.78 is 10.8. The van der Waals surface area contributed by atoms with E-state index in [0.717, 1.165) is 31.2 Å². The molecule has 1 aliphatic rings. The van der Waals surface area contributed by atoms with Gasteiger partial charge in [0.1, 0.15) is 5.75 Å². The molecule has 0 saturated carbocycles. The Labute approximate surface area is 142 Å². The highest BCUT2D eigenvalue weighted by molar-refractivity contribution is 5.75. The zero-order valence-corrected chi connectivity index (χ0v) is 14.0. The second-order valence-electron chi connectivity index (χ2n) is 6.11. The fourth-order valence-electron chi connectivity index (χ4n) is 2.72. The van der Waals surface area contributed by atoms with Crippen molar-refractivity contribution in [1.29, 1.82) is 0 Å². The normalized spacial score (nSPS) is 19.9. The maximum absolute atomic E-state index is 11.8. The Hall–Kier alpha value is -2.08. The maximum atomic E-state index is 11.8. The molecule has 0 aliphatic carbocycles. The third-order valence-corrected chi connectivity index (χ3v) is 4.03. The van der Waals surface area contributed by atoms with Crippen LogP contribution < -0.4 is 10.1 Å². The molecule has 1 aromatic rings. The fourth-order valence-corrected chi connectivity index (χ4v) is 2.72. The van der Waals surface area contributed by atoms with Gasteiger partial charge in [0, 0.05) is 13.0 Å². The highest BCUT2D eigenvalue weighted by Crippen LogP contribution is 2.22. The summed E-state index contributed by atoms with van der Waals surface area (Å²) in [7, 11) is 0. The van der Waals surface area contributed by atoms with E-state index in [0.29, 0.717) is 24.8 Å². The second kappa shape index (κ2) is 9.27. The minimum absolute atomic E-state index is 0.0552. The van der Waals surface area contributed by atoms with Crippen molar-refractivity contribution in [1.82, 2.24) is 5.32 Å². The minimum Gasteiger partial charge on any atom is -0.482 e. The van der Waals surface area contributed by atoms with Crippen LogP contribution in [0.2, 0.25) is 0 Å². The standard InChI is InChI=1S/C18H25NO5/c1-13-2-5-16(24-13)8-9-17(20)19-11-10-14-3-6-15(7-4-14)23-12-18(21)22/h3-4,6-7,13,16H,2,5,8-12H2,1H3,(H,19,20)(H,21,22). The van der Waals surface area contributed by atoms with Crippen molar-refractivity contribution in [3.05, 3.63) is 29.8 Å². The topological polar surface area (TPSA) is 84.9 Å². The van der Waals surface area contributed by atoms with Gasteiger partial charge in [0.15, 0.2) is 6.61 Å². The van der Waals surface area contributed by atoms with Crippen LogP contribution in [0.15, 0.2) is 24.3 Å². The number of aliphatic carboxylic acids is 1. The summed E-state index contributed by atoms with van der Waals surface area (Å²) in [5, 5.41) is 11.5. The lowest BCUT2D eigenvalue weighted by atomic mass is 10.1. The highest BCUT2D eigenvalue weighted by atomic mass is 16.5. The molecular formula is C18H25NO5. The molecule has 132 valence electrons. The predicted molar refractivity (Wildman–Crippen MR) is 89.1 cm³/mol. The lowest BCUT2D eigenvalue weighted by molar-refractivity contribution is -0.139. The second-order valence-corrected chi connectivity index (χ2v) is 6.11. The van der Waals surface area contributed by atoms with Gasteiger partial charge in [0.25, 0.3) is 0 Å². The van der Waals surface area contributed by atoms with Gasteiger partial charge < -0.3 is 19.9 Å². The van der Waals surface area contributed by atoms with Gasteiger partial charge >= 0.3 is 5.97 Å². The minimum atomic E-state index is -1.00. The summed E-state index contributed by atoms with van der Waals surface area (Å²) in [5.41, 5.74) is 1.06. The number of carboxylic acids is 1. The first-order valence-electron chi connectivity index (χ1n) is 8.38. The van der Waals surface area contributed by atoms with Crippen LogP contribution in [-0.4, -0.2) is 42.3 Å². The molecule has 0 bridgehead atoms. The molecule has 1 fully saturated rings. The molecule has 2 atom stereocenters. The number of hydrogen-bond acceptors (Lipinski definition) is 4. The SMILES string of the molecule is CC1CCC(CCC(=O)NCCc2ccc(OCC(=O)O)cc2)O1. The fraction of sp³-hybridized carbons (Fsp3) is 0.556. The number of ether oxygens (including phenoxy) is 2. The first-order valence-corrected chi connectivity index (χ1v) is 8.38. The van der Waals surface area contributed by atoms with Gasteiger partial charge in [0.2, 0.25) is 5.91 Å². The zero-order valence-electron chi connectivity index (χ0n) is 14.0. The average molecular weight is 335 g/mol. The van der Waals surface area contributed by atoms with Crippen LogP contribution in [0, 0.1) is 0 Å². The summed E-state index contributed by atoms with van der Waals surface area (Å²) in [6.07, 6.45) is 4.68. The van der Waals surface area contributed by atoms with Gasteiger partial charge in [0.05, 0.1) is 12.2 Å². The largest absolute Gasteiger partial charge is 0.482 e. The Morgan fingerprint density at radius 1 is 1.29 bits per heavy atom. The maximum Gasteiger partial charge on any atom is 0.341 e. The van der Waals surface area contributed by atoms with Crippen LogP contribution in [0.4, 0.5) is 0 Å². The average Bonchev–Trinajstić information content (AvgIpc) is 2.97. The molecule has 1 aromatic carbocycles. The highest BCUT2D eigenvalue weighted by Gasteiger charge is 2.21. The van der Waals surface area contributed by atoms with Crippen molar-refractivity contribution in [2.75, 3.05) is 13.2 Å². The van der Waals surface area contributed by atoms with E-state index >= 15 is 0 Å². The monoisotopic (exact) mass is 335 g/mol. The molecule has 1 amide bonds. The van der Waals surface area contributed by atoms with E-state index in [1.54, 1.807) is 12.1 Å². The van der Waals surface area contributed by atoms with Gasteiger partial charge in [-0.05, 0) is 50.3 Å². The molecule has 24 heavy (non-hydrogen) atoms. The van der Waals surface area contributed by atoms with E-state index in [1.807, 2.05) is 12.1 Å². The number of carbonyl (C=O) groups is 2. The van der Waals surface area contributed by atoms with E-state index < -0.39 is 5.97 Å². The van der Waals surface area contributed by atoms with Crippen molar-refractivity contribution in [2.45, 2.75) is 51.2 Å². The Morgan fingerprint density at radius 3 is 2.67 bits per heavy atom.